The molecule has 0 aliphatic carbocycles. The van der Waals surface area contributed by atoms with Gasteiger partial charge >= 0.3 is 5.97 Å². The number of pyridine rings is 1. The zero-order valence-corrected chi connectivity index (χ0v) is 9.22. The van der Waals surface area contributed by atoms with Crippen LogP contribution >= 0.6 is 27.5 Å². The minimum absolute atomic E-state index is 0.163. The number of carbonyl (C=O) groups is 1. The fraction of sp³-hybridized carbons (Fsp3) is 0.250. The minimum atomic E-state index is -0.319. The Bertz CT molecular complexity index is 330. The van der Waals surface area contributed by atoms with Gasteiger partial charge in [-0.25, -0.2) is 4.98 Å². The van der Waals surface area contributed by atoms with Gasteiger partial charge in [-0.1, -0.05) is 11.6 Å². The summed E-state index contributed by atoms with van der Waals surface area (Å²) in [5.74, 6) is -0.319. The number of hydrogen-bond donors (Lipinski definition) is 0. The SMILES string of the molecule is COC(=O)Cc1cc(Br)ncc1Cl. The first kappa shape index (κ1) is 10.5. The van der Waals surface area contributed by atoms with Crippen LogP contribution in [0.2, 0.25) is 5.02 Å². The lowest BCUT2D eigenvalue weighted by atomic mass is 10.2. The number of methoxy groups -OCH3 is 1. The molecule has 0 aliphatic rings. The van der Waals surface area contributed by atoms with E-state index in [9.17, 15) is 4.79 Å². The lowest BCUT2D eigenvalue weighted by Gasteiger charge is -2.02. The third kappa shape index (κ3) is 2.97. The van der Waals surface area contributed by atoms with E-state index < -0.39 is 0 Å². The summed E-state index contributed by atoms with van der Waals surface area (Å²) in [5.41, 5.74) is 0.704. The first-order valence-corrected chi connectivity index (χ1v) is 4.67. The molecular weight excluding hydrogens is 257 g/mol. The van der Waals surface area contributed by atoms with E-state index in [-0.39, 0.29) is 12.4 Å². The number of carbonyl (C=O) groups excluding carboxylic acids is 1. The smallest absolute Gasteiger partial charge is 0.310 e. The highest BCUT2D eigenvalue weighted by atomic mass is 79.9. The molecule has 0 saturated carbocycles. The first-order valence-electron chi connectivity index (χ1n) is 3.50. The Balaban J connectivity index is 2.87. The summed E-state index contributed by atoms with van der Waals surface area (Å²) in [4.78, 5) is 14.8. The molecule has 1 aromatic heterocycles. The van der Waals surface area contributed by atoms with Gasteiger partial charge in [-0.3, -0.25) is 4.79 Å². The van der Waals surface area contributed by atoms with Crippen LogP contribution in [0.5, 0.6) is 0 Å². The van der Waals surface area contributed by atoms with Crippen molar-refractivity contribution in [3.63, 3.8) is 0 Å². The van der Waals surface area contributed by atoms with Crippen molar-refractivity contribution in [3.05, 3.63) is 27.5 Å². The van der Waals surface area contributed by atoms with Gasteiger partial charge in [0, 0.05) is 6.20 Å². The van der Waals surface area contributed by atoms with E-state index >= 15 is 0 Å². The fourth-order valence-electron chi connectivity index (χ4n) is 0.814. The maximum absolute atomic E-state index is 10.9. The van der Waals surface area contributed by atoms with E-state index in [0.717, 1.165) is 0 Å². The maximum Gasteiger partial charge on any atom is 0.310 e. The highest BCUT2D eigenvalue weighted by Gasteiger charge is 2.07. The van der Waals surface area contributed by atoms with E-state index in [4.69, 9.17) is 11.6 Å². The van der Waals surface area contributed by atoms with Crippen molar-refractivity contribution in [2.24, 2.45) is 0 Å². The summed E-state index contributed by atoms with van der Waals surface area (Å²) in [6.45, 7) is 0. The normalized spacial score (nSPS) is 9.77. The van der Waals surface area contributed by atoms with Crippen molar-refractivity contribution in [2.45, 2.75) is 6.42 Å². The summed E-state index contributed by atoms with van der Waals surface area (Å²) in [6, 6.07) is 1.69. The molecule has 0 spiro atoms. The molecule has 0 N–H and O–H groups in total. The molecule has 0 aliphatic heterocycles. The molecule has 0 saturated heterocycles. The highest BCUT2D eigenvalue weighted by molar-refractivity contribution is 9.10. The summed E-state index contributed by atoms with van der Waals surface area (Å²) >= 11 is 8.99. The number of nitrogens with zero attached hydrogens (tertiary/aromatic N) is 1. The fourth-order valence-corrected chi connectivity index (χ4v) is 1.36. The Hall–Kier alpha value is -0.610. The van der Waals surface area contributed by atoms with Crippen LogP contribution in [-0.2, 0) is 16.0 Å². The van der Waals surface area contributed by atoms with Crippen LogP contribution in [0.4, 0.5) is 0 Å². The topological polar surface area (TPSA) is 39.2 Å². The Labute approximate surface area is 89.2 Å². The van der Waals surface area contributed by atoms with Crippen molar-refractivity contribution in [1.82, 2.24) is 4.98 Å². The Morgan fingerprint density at radius 2 is 2.46 bits per heavy atom. The largest absolute Gasteiger partial charge is 0.469 e. The van der Waals surface area contributed by atoms with Crippen LogP contribution in [0.3, 0.4) is 0 Å². The van der Waals surface area contributed by atoms with Gasteiger partial charge in [-0.15, -0.1) is 0 Å². The third-order valence-electron chi connectivity index (χ3n) is 1.46. The van der Waals surface area contributed by atoms with Gasteiger partial charge < -0.3 is 4.74 Å². The van der Waals surface area contributed by atoms with Crippen molar-refractivity contribution >= 4 is 33.5 Å². The monoisotopic (exact) mass is 263 g/mol. The van der Waals surface area contributed by atoms with Gasteiger partial charge in [0.15, 0.2) is 0 Å². The predicted octanol–water partition coefficient (Wildman–Crippen LogP) is 2.21. The van der Waals surface area contributed by atoms with Crippen molar-refractivity contribution in [3.8, 4) is 0 Å². The number of esters is 1. The van der Waals surface area contributed by atoms with Crippen LogP contribution < -0.4 is 0 Å². The molecule has 0 radical (unpaired) electrons. The van der Waals surface area contributed by atoms with Crippen LogP contribution in [0.15, 0.2) is 16.9 Å². The van der Waals surface area contributed by atoms with Crippen LogP contribution in [0.25, 0.3) is 0 Å². The van der Waals surface area contributed by atoms with Gasteiger partial charge in [0.05, 0.1) is 18.6 Å². The summed E-state index contributed by atoms with van der Waals surface area (Å²) in [5, 5.41) is 0.466. The first-order chi connectivity index (χ1) is 6.13. The molecule has 13 heavy (non-hydrogen) atoms. The quantitative estimate of drug-likeness (QED) is 0.607. The summed E-state index contributed by atoms with van der Waals surface area (Å²) < 4.78 is 5.16. The lowest BCUT2D eigenvalue weighted by molar-refractivity contribution is -0.139. The van der Waals surface area contributed by atoms with E-state index in [0.29, 0.717) is 15.2 Å². The Morgan fingerprint density at radius 1 is 1.77 bits per heavy atom. The molecule has 70 valence electrons. The van der Waals surface area contributed by atoms with Crippen molar-refractivity contribution in [1.29, 1.82) is 0 Å². The maximum atomic E-state index is 10.9. The van der Waals surface area contributed by atoms with Gasteiger partial charge in [0.2, 0.25) is 0 Å². The minimum Gasteiger partial charge on any atom is -0.469 e. The average Bonchev–Trinajstić information content (AvgIpc) is 2.11. The van der Waals surface area contributed by atoms with Crippen LogP contribution in [-0.4, -0.2) is 18.1 Å². The second-order valence-electron chi connectivity index (χ2n) is 2.35. The van der Waals surface area contributed by atoms with Crippen molar-refractivity contribution < 1.29 is 9.53 Å². The molecule has 3 nitrogen and oxygen atoms in total. The number of hydrogen-bond acceptors (Lipinski definition) is 3. The lowest BCUT2D eigenvalue weighted by Crippen LogP contribution is -2.05. The zero-order valence-electron chi connectivity index (χ0n) is 6.88. The molecule has 5 heteroatoms. The molecule has 0 bridgehead atoms. The summed E-state index contributed by atoms with van der Waals surface area (Å²) in [6.07, 6.45) is 1.65. The number of ether oxygens (including phenoxy) is 1. The number of aromatic nitrogens is 1. The highest BCUT2D eigenvalue weighted by Crippen LogP contribution is 2.18. The van der Waals surface area contributed by atoms with Gasteiger partial charge in [-0.2, -0.15) is 0 Å². The molecule has 1 heterocycles. The Morgan fingerprint density at radius 3 is 3.08 bits per heavy atom. The second kappa shape index (κ2) is 4.58. The average molecular weight is 265 g/mol. The molecule has 0 unspecified atom stereocenters. The van der Waals surface area contributed by atoms with Crippen molar-refractivity contribution in [2.75, 3.05) is 7.11 Å². The standard InChI is InChI=1S/C8H7BrClNO2/c1-13-8(12)3-5-2-7(9)11-4-6(5)10/h2,4H,3H2,1H3. The van der Waals surface area contributed by atoms with E-state index in [1.165, 1.54) is 13.3 Å². The number of halogens is 2. The van der Waals surface area contributed by atoms with Crippen LogP contribution in [0, 0.1) is 0 Å². The summed E-state index contributed by atoms with van der Waals surface area (Å²) in [7, 11) is 1.34. The van der Waals surface area contributed by atoms with E-state index in [2.05, 4.69) is 25.7 Å². The van der Waals surface area contributed by atoms with E-state index in [1.807, 2.05) is 0 Å². The van der Waals surface area contributed by atoms with Gasteiger partial charge in [0.25, 0.3) is 0 Å². The van der Waals surface area contributed by atoms with Crippen LogP contribution in [0.1, 0.15) is 5.56 Å². The molecule has 1 aromatic rings. The third-order valence-corrected chi connectivity index (χ3v) is 2.24. The molecular formula is C8H7BrClNO2. The second-order valence-corrected chi connectivity index (χ2v) is 3.57. The zero-order chi connectivity index (χ0) is 9.84. The molecule has 0 fully saturated rings. The molecule has 1 rings (SSSR count). The molecule has 0 aromatic carbocycles. The van der Waals surface area contributed by atoms with Gasteiger partial charge in [-0.05, 0) is 27.6 Å². The van der Waals surface area contributed by atoms with Gasteiger partial charge in [0.1, 0.15) is 4.60 Å². The predicted molar refractivity (Wildman–Crippen MR) is 52.7 cm³/mol. The molecule has 0 atom stereocenters. The van der Waals surface area contributed by atoms with E-state index in [1.54, 1.807) is 6.07 Å². The Kier molecular flexibility index (Phi) is 3.69. The number of rotatable bonds is 2. The molecule has 0 amide bonds.